The fraction of sp³-hybridized carbons (Fsp3) is 0.632. The van der Waals surface area contributed by atoms with Crippen molar-refractivity contribution in [2.75, 3.05) is 26.8 Å². The van der Waals surface area contributed by atoms with Crippen molar-refractivity contribution in [3.8, 4) is 11.6 Å². The van der Waals surface area contributed by atoms with Crippen LogP contribution in [0.5, 0.6) is 0 Å². The molecule has 3 heterocycles. The molecule has 2 aromatic rings. The maximum Gasteiger partial charge on any atom is 0.317 e. The zero-order valence-electron chi connectivity index (χ0n) is 16.6. The van der Waals surface area contributed by atoms with E-state index in [4.69, 9.17) is 14.3 Å². The number of rotatable bonds is 7. The molecule has 0 spiro atoms. The summed E-state index contributed by atoms with van der Waals surface area (Å²) in [5.41, 5.74) is 2.96. The number of nitrogens with one attached hydrogen (secondary N) is 1. The van der Waals surface area contributed by atoms with E-state index in [9.17, 15) is 4.79 Å². The normalized spacial score (nSPS) is 13.9. The second kappa shape index (κ2) is 8.56. The maximum atomic E-state index is 12.5. The highest BCUT2D eigenvalue weighted by Crippen LogP contribution is 2.30. The first-order valence-electron chi connectivity index (χ1n) is 9.52. The number of ether oxygens (including phenoxy) is 1. The molecular formula is C19H29N5O3. The standard InChI is InChI=1S/C19H29N5O3/c1-13(2)11-24-16-6-8-23(19(25)20-7-5-9-26-4)12-15(16)17(22-24)18-21-10-14(3)27-18/h10,13H,5-9,11-12H2,1-4H3,(H,20,25). The molecule has 8 heteroatoms. The quantitative estimate of drug-likeness (QED) is 0.752. The number of carbonyl (C=O) groups is 1. The van der Waals surface area contributed by atoms with Gasteiger partial charge < -0.3 is 19.4 Å². The highest BCUT2D eigenvalue weighted by Gasteiger charge is 2.29. The summed E-state index contributed by atoms with van der Waals surface area (Å²) in [5, 5.41) is 7.74. The molecule has 0 radical (unpaired) electrons. The second-order valence-electron chi connectivity index (χ2n) is 7.38. The molecule has 0 saturated carbocycles. The number of aryl methyl sites for hydroxylation is 1. The summed E-state index contributed by atoms with van der Waals surface area (Å²) < 4.78 is 12.8. The van der Waals surface area contributed by atoms with Crippen molar-refractivity contribution in [1.82, 2.24) is 25.0 Å². The number of aromatic nitrogens is 3. The Bertz CT molecular complexity index is 780. The first-order valence-corrected chi connectivity index (χ1v) is 9.52. The average Bonchev–Trinajstić information content (AvgIpc) is 3.21. The highest BCUT2D eigenvalue weighted by atomic mass is 16.5. The van der Waals surface area contributed by atoms with E-state index in [0.29, 0.717) is 38.0 Å². The lowest BCUT2D eigenvalue weighted by Gasteiger charge is -2.28. The van der Waals surface area contributed by atoms with Gasteiger partial charge in [-0.05, 0) is 19.3 Å². The molecule has 0 aliphatic carbocycles. The lowest BCUT2D eigenvalue weighted by Crippen LogP contribution is -2.43. The number of hydrogen-bond acceptors (Lipinski definition) is 5. The third-order valence-corrected chi connectivity index (χ3v) is 4.58. The Balaban J connectivity index is 1.81. The summed E-state index contributed by atoms with van der Waals surface area (Å²) in [6, 6.07) is -0.0529. The molecule has 148 valence electrons. The third-order valence-electron chi connectivity index (χ3n) is 4.58. The smallest absolute Gasteiger partial charge is 0.317 e. The summed E-state index contributed by atoms with van der Waals surface area (Å²) in [5.74, 6) is 1.75. The van der Waals surface area contributed by atoms with E-state index in [1.165, 1.54) is 5.69 Å². The third kappa shape index (κ3) is 4.50. The molecular weight excluding hydrogens is 346 g/mol. The number of oxazole rings is 1. The predicted molar refractivity (Wildman–Crippen MR) is 101 cm³/mol. The number of amides is 2. The fourth-order valence-corrected chi connectivity index (χ4v) is 3.32. The Labute approximate surface area is 159 Å². The monoisotopic (exact) mass is 375 g/mol. The summed E-state index contributed by atoms with van der Waals surface area (Å²) in [6.07, 6.45) is 3.28. The van der Waals surface area contributed by atoms with E-state index in [1.54, 1.807) is 13.3 Å². The van der Waals surface area contributed by atoms with Crippen LogP contribution in [0.15, 0.2) is 10.6 Å². The van der Waals surface area contributed by atoms with Gasteiger partial charge in [-0.1, -0.05) is 13.8 Å². The number of nitrogens with zero attached hydrogens (tertiary/aromatic N) is 4. The molecule has 0 unspecified atom stereocenters. The molecule has 0 aromatic carbocycles. The average molecular weight is 375 g/mol. The largest absolute Gasteiger partial charge is 0.440 e. The van der Waals surface area contributed by atoms with Gasteiger partial charge in [0.05, 0.1) is 12.7 Å². The van der Waals surface area contributed by atoms with Crippen molar-refractivity contribution in [2.24, 2.45) is 5.92 Å². The molecule has 0 atom stereocenters. The van der Waals surface area contributed by atoms with E-state index in [-0.39, 0.29) is 6.03 Å². The van der Waals surface area contributed by atoms with Crippen molar-refractivity contribution < 1.29 is 13.9 Å². The van der Waals surface area contributed by atoms with Gasteiger partial charge in [-0.3, -0.25) is 4.68 Å². The predicted octanol–water partition coefficient (Wildman–Crippen LogP) is 2.61. The van der Waals surface area contributed by atoms with Gasteiger partial charge in [0.25, 0.3) is 0 Å². The number of fused-ring (bicyclic) bond motifs is 1. The summed E-state index contributed by atoms with van der Waals surface area (Å²) in [6.45, 7) is 9.49. The Morgan fingerprint density at radius 2 is 2.26 bits per heavy atom. The molecule has 1 aliphatic rings. The van der Waals surface area contributed by atoms with Crippen LogP contribution in [0.4, 0.5) is 4.79 Å². The van der Waals surface area contributed by atoms with Crippen LogP contribution in [0.1, 0.15) is 37.3 Å². The van der Waals surface area contributed by atoms with Gasteiger partial charge in [0.15, 0.2) is 5.69 Å². The van der Waals surface area contributed by atoms with Gasteiger partial charge in [0.1, 0.15) is 5.76 Å². The molecule has 2 amide bonds. The lowest BCUT2D eigenvalue weighted by molar-refractivity contribution is 0.181. The Morgan fingerprint density at radius 3 is 2.93 bits per heavy atom. The van der Waals surface area contributed by atoms with Crippen LogP contribution in [0.3, 0.4) is 0 Å². The minimum atomic E-state index is -0.0529. The number of hydrogen-bond donors (Lipinski definition) is 1. The zero-order valence-corrected chi connectivity index (χ0v) is 16.6. The van der Waals surface area contributed by atoms with Gasteiger partial charge in [-0.25, -0.2) is 9.78 Å². The van der Waals surface area contributed by atoms with Crippen molar-refractivity contribution in [3.05, 3.63) is 23.2 Å². The molecule has 0 fully saturated rings. The van der Waals surface area contributed by atoms with E-state index in [1.807, 2.05) is 11.8 Å². The topological polar surface area (TPSA) is 85.4 Å². The second-order valence-corrected chi connectivity index (χ2v) is 7.38. The van der Waals surface area contributed by atoms with E-state index < -0.39 is 0 Å². The van der Waals surface area contributed by atoms with Crippen molar-refractivity contribution in [1.29, 1.82) is 0 Å². The first kappa shape index (κ1) is 19.4. The number of carbonyl (C=O) groups excluding carboxylic acids is 1. The highest BCUT2D eigenvalue weighted by molar-refractivity contribution is 5.75. The van der Waals surface area contributed by atoms with Crippen LogP contribution < -0.4 is 5.32 Å². The summed E-state index contributed by atoms with van der Waals surface area (Å²) in [4.78, 5) is 18.7. The molecule has 27 heavy (non-hydrogen) atoms. The maximum absolute atomic E-state index is 12.5. The van der Waals surface area contributed by atoms with Gasteiger partial charge in [0.2, 0.25) is 5.89 Å². The molecule has 3 rings (SSSR count). The molecule has 1 aliphatic heterocycles. The zero-order chi connectivity index (χ0) is 19.4. The van der Waals surface area contributed by atoms with Crippen LogP contribution >= 0.6 is 0 Å². The Hall–Kier alpha value is -2.35. The van der Waals surface area contributed by atoms with Gasteiger partial charge >= 0.3 is 6.03 Å². The van der Waals surface area contributed by atoms with Crippen LogP contribution in [0.2, 0.25) is 0 Å². The van der Waals surface area contributed by atoms with Gasteiger partial charge in [0, 0.05) is 51.0 Å². The van der Waals surface area contributed by atoms with Gasteiger partial charge in [-0.2, -0.15) is 5.10 Å². The SMILES string of the molecule is COCCCNC(=O)N1CCc2c(c(-c3ncc(C)o3)nn2CC(C)C)C1. The van der Waals surface area contributed by atoms with Crippen molar-refractivity contribution >= 4 is 6.03 Å². The van der Waals surface area contributed by atoms with Crippen molar-refractivity contribution in [2.45, 2.75) is 46.7 Å². The van der Waals surface area contributed by atoms with Crippen LogP contribution in [-0.2, 0) is 24.2 Å². The lowest BCUT2D eigenvalue weighted by atomic mass is 10.0. The summed E-state index contributed by atoms with van der Waals surface area (Å²) >= 11 is 0. The number of methoxy groups -OCH3 is 1. The first-order chi connectivity index (χ1) is 13.0. The Kier molecular flexibility index (Phi) is 6.15. The molecule has 2 aromatic heterocycles. The molecule has 8 nitrogen and oxygen atoms in total. The van der Waals surface area contributed by atoms with Crippen LogP contribution in [-0.4, -0.2) is 52.5 Å². The van der Waals surface area contributed by atoms with E-state index >= 15 is 0 Å². The molecule has 0 bridgehead atoms. The van der Waals surface area contributed by atoms with E-state index in [0.717, 1.165) is 36.4 Å². The number of urea groups is 1. The minimum Gasteiger partial charge on any atom is -0.440 e. The molecule has 1 N–H and O–H groups in total. The fourth-order valence-electron chi connectivity index (χ4n) is 3.32. The minimum absolute atomic E-state index is 0.0529. The summed E-state index contributed by atoms with van der Waals surface area (Å²) in [7, 11) is 1.66. The van der Waals surface area contributed by atoms with E-state index in [2.05, 4.69) is 28.8 Å². The van der Waals surface area contributed by atoms with Crippen LogP contribution in [0.25, 0.3) is 11.6 Å². The van der Waals surface area contributed by atoms with Crippen molar-refractivity contribution in [3.63, 3.8) is 0 Å². The Morgan fingerprint density at radius 1 is 1.44 bits per heavy atom. The van der Waals surface area contributed by atoms with Gasteiger partial charge in [-0.15, -0.1) is 0 Å². The van der Waals surface area contributed by atoms with Crippen LogP contribution in [0, 0.1) is 12.8 Å². The molecule has 0 saturated heterocycles.